The summed E-state index contributed by atoms with van der Waals surface area (Å²) >= 11 is 0. The van der Waals surface area contributed by atoms with Crippen LogP contribution in [0.1, 0.15) is 27.9 Å². The fraction of sp³-hybridized carbons (Fsp3) is 0.310. The molecule has 0 aliphatic carbocycles. The van der Waals surface area contributed by atoms with Crippen molar-refractivity contribution in [1.29, 1.82) is 0 Å². The van der Waals surface area contributed by atoms with E-state index >= 15 is 0 Å². The highest BCUT2D eigenvalue weighted by atomic mass is 16.2. The van der Waals surface area contributed by atoms with Crippen molar-refractivity contribution in [3.8, 4) is 0 Å². The summed E-state index contributed by atoms with van der Waals surface area (Å²) in [5, 5.41) is 0. The molecule has 0 radical (unpaired) electrons. The molecule has 3 aromatic rings. The fourth-order valence-electron chi connectivity index (χ4n) is 4.97. The number of aryl methyl sites for hydroxylation is 1. The predicted molar refractivity (Wildman–Crippen MR) is 140 cm³/mol. The number of piperazine rings is 1. The zero-order valence-electron chi connectivity index (χ0n) is 20.3. The van der Waals surface area contributed by atoms with Gasteiger partial charge in [-0.1, -0.05) is 48.0 Å². The molecule has 2 saturated heterocycles. The second kappa shape index (κ2) is 10.2. The Morgan fingerprint density at radius 1 is 0.771 bits per heavy atom. The predicted octanol–water partition coefficient (Wildman–Crippen LogP) is 4.79. The van der Waals surface area contributed by atoms with Crippen LogP contribution in [0.15, 0.2) is 78.9 Å². The van der Waals surface area contributed by atoms with E-state index in [2.05, 4.69) is 42.2 Å². The lowest BCUT2D eigenvalue weighted by atomic mass is 10.1. The average Bonchev–Trinajstić information content (AvgIpc) is 2.90. The van der Waals surface area contributed by atoms with Crippen molar-refractivity contribution in [1.82, 2.24) is 9.80 Å². The van der Waals surface area contributed by atoms with Crippen LogP contribution in [0, 0.1) is 6.92 Å². The summed E-state index contributed by atoms with van der Waals surface area (Å²) in [6.45, 7) is 7.19. The van der Waals surface area contributed by atoms with E-state index in [0.29, 0.717) is 31.7 Å². The second-order valence-corrected chi connectivity index (χ2v) is 9.36. The van der Waals surface area contributed by atoms with Gasteiger partial charge in [-0.25, -0.2) is 4.79 Å². The summed E-state index contributed by atoms with van der Waals surface area (Å²) in [6.07, 6.45) is 0.921. The Balaban J connectivity index is 1.20. The van der Waals surface area contributed by atoms with Gasteiger partial charge in [0.2, 0.25) is 0 Å². The zero-order chi connectivity index (χ0) is 24.2. The van der Waals surface area contributed by atoms with Crippen molar-refractivity contribution in [2.75, 3.05) is 49.1 Å². The Kier molecular flexibility index (Phi) is 6.70. The quantitative estimate of drug-likeness (QED) is 0.541. The Morgan fingerprint density at radius 2 is 1.51 bits per heavy atom. The van der Waals surface area contributed by atoms with E-state index < -0.39 is 0 Å². The van der Waals surface area contributed by atoms with Gasteiger partial charge in [-0.05, 0) is 55.3 Å². The summed E-state index contributed by atoms with van der Waals surface area (Å²) in [7, 11) is 0. The Labute approximate surface area is 207 Å². The molecule has 0 spiro atoms. The first-order chi connectivity index (χ1) is 17.1. The van der Waals surface area contributed by atoms with Gasteiger partial charge < -0.3 is 14.7 Å². The molecule has 6 heteroatoms. The standard InChI is InChI=1S/C29H32N4O2/c1-23-7-5-8-24(21-23)22-32-15-6-16-33(29(32)35)27-13-11-25(12-14-27)28(34)31-19-17-30(18-20-31)26-9-3-2-4-10-26/h2-5,7-14,21H,6,15-20,22H2,1H3. The minimum absolute atomic E-state index is 0.0221. The molecule has 0 saturated carbocycles. The molecule has 3 aromatic carbocycles. The lowest BCUT2D eigenvalue weighted by Gasteiger charge is -2.36. The highest BCUT2D eigenvalue weighted by Crippen LogP contribution is 2.23. The van der Waals surface area contributed by atoms with E-state index in [1.807, 2.05) is 63.2 Å². The highest BCUT2D eigenvalue weighted by molar-refractivity contribution is 5.96. The van der Waals surface area contributed by atoms with Crippen molar-refractivity contribution in [3.63, 3.8) is 0 Å². The molecule has 2 fully saturated rings. The number of urea groups is 1. The van der Waals surface area contributed by atoms with E-state index in [9.17, 15) is 9.59 Å². The lowest BCUT2D eigenvalue weighted by Crippen LogP contribution is -2.49. The third-order valence-electron chi connectivity index (χ3n) is 6.88. The van der Waals surface area contributed by atoms with Crippen LogP contribution in [-0.2, 0) is 6.54 Å². The number of amides is 3. The Bertz CT molecular complexity index is 1170. The number of hydrogen-bond acceptors (Lipinski definition) is 3. The number of anilines is 2. The molecule has 0 atom stereocenters. The molecule has 3 amide bonds. The van der Waals surface area contributed by atoms with Gasteiger partial charge in [0.25, 0.3) is 5.91 Å². The van der Waals surface area contributed by atoms with Gasteiger partial charge in [-0.3, -0.25) is 9.69 Å². The number of para-hydroxylation sites is 1. The SMILES string of the molecule is Cc1cccc(CN2CCCN(c3ccc(C(=O)N4CCN(c5ccccc5)CC4)cc3)C2=O)c1. The third-order valence-corrected chi connectivity index (χ3v) is 6.88. The first kappa shape index (κ1) is 23.0. The van der Waals surface area contributed by atoms with Gasteiger partial charge in [0.15, 0.2) is 0 Å². The summed E-state index contributed by atoms with van der Waals surface area (Å²) in [5.41, 5.74) is 5.06. The number of hydrogen-bond donors (Lipinski definition) is 0. The molecule has 2 heterocycles. The van der Waals surface area contributed by atoms with Crippen LogP contribution in [0.25, 0.3) is 0 Å². The monoisotopic (exact) mass is 468 g/mol. The normalized spacial score (nSPS) is 16.5. The summed E-state index contributed by atoms with van der Waals surface area (Å²) in [6, 6.07) is 26.2. The molecule has 35 heavy (non-hydrogen) atoms. The highest BCUT2D eigenvalue weighted by Gasteiger charge is 2.27. The number of rotatable bonds is 5. The Morgan fingerprint density at radius 3 is 2.23 bits per heavy atom. The average molecular weight is 469 g/mol. The van der Waals surface area contributed by atoms with Crippen LogP contribution < -0.4 is 9.80 Å². The Hall–Kier alpha value is -3.80. The van der Waals surface area contributed by atoms with Crippen molar-refractivity contribution in [3.05, 3.63) is 95.6 Å². The second-order valence-electron chi connectivity index (χ2n) is 9.36. The fourth-order valence-corrected chi connectivity index (χ4v) is 4.97. The largest absolute Gasteiger partial charge is 0.368 e. The van der Waals surface area contributed by atoms with E-state index in [4.69, 9.17) is 0 Å². The van der Waals surface area contributed by atoms with Crippen molar-refractivity contribution in [2.45, 2.75) is 19.9 Å². The molecule has 2 aliphatic heterocycles. The molecule has 0 bridgehead atoms. The van der Waals surface area contributed by atoms with E-state index in [0.717, 1.165) is 37.3 Å². The summed E-state index contributed by atoms with van der Waals surface area (Å²) in [4.78, 5) is 34.3. The molecular weight excluding hydrogens is 436 g/mol. The van der Waals surface area contributed by atoms with Crippen molar-refractivity contribution in [2.24, 2.45) is 0 Å². The van der Waals surface area contributed by atoms with Crippen LogP contribution >= 0.6 is 0 Å². The molecule has 0 aromatic heterocycles. The van der Waals surface area contributed by atoms with Crippen LogP contribution in [-0.4, -0.2) is 61.0 Å². The molecule has 0 N–H and O–H groups in total. The summed E-state index contributed by atoms with van der Waals surface area (Å²) in [5.74, 6) is 0.0512. The van der Waals surface area contributed by atoms with Crippen LogP contribution in [0.3, 0.4) is 0 Å². The number of carbonyl (C=O) groups excluding carboxylic acids is 2. The third kappa shape index (κ3) is 5.16. The maximum Gasteiger partial charge on any atom is 0.324 e. The van der Waals surface area contributed by atoms with E-state index in [1.54, 1.807) is 0 Å². The maximum absolute atomic E-state index is 13.2. The number of nitrogens with zero attached hydrogens (tertiary/aromatic N) is 4. The van der Waals surface area contributed by atoms with Gasteiger partial charge in [-0.2, -0.15) is 0 Å². The first-order valence-electron chi connectivity index (χ1n) is 12.4. The molecule has 5 rings (SSSR count). The van der Waals surface area contributed by atoms with Crippen LogP contribution in [0.5, 0.6) is 0 Å². The van der Waals surface area contributed by atoms with Gasteiger partial charge >= 0.3 is 6.03 Å². The van der Waals surface area contributed by atoms with Crippen LogP contribution in [0.4, 0.5) is 16.2 Å². The lowest BCUT2D eigenvalue weighted by molar-refractivity contribution is 0.0747. The van der Waals surface area contributed by atoms with E-state index in [-0.39, 0.29) is 11.9 Å². The van der Waals surface area contributed by atoms with Gasteiger partial charge in [0, 0.05) is 62.8 Å². The maximum atomic E-state index is 13.2. The first-order valence-corrected chi connectivity index (χ1v) is 12.4. The zero-order valence-corrected chi connectivity index (χ0v) is 20.3. The molecule has 180 valence electrons. The minimum atomic E-state index is 0.0221. The minimum Gasteiger partial charge on any atom is -0.368 e. The molecule has 6 nitrogen and oxygen atoms in total. The van der Waals surface area contributed by atoms with Crippen molar-refractivity contribution < 1.29 is 9.59 Å². The smallest absolute Gasteiger partial charge is 0.324 e. The molecule has 0 unspecified atom stereocenters. The number of benzene rings is 3. The van der Waals surface area contributed by atoms with Gasteiger partial charge in [0.1, 0.15) is 0 Å². The van der Waals surface area contributed by atoms with E-state index in [1.165, 1.54) is 11.3 Å². The topological polar surface area (TPSA) is 47.1 Å². The van der Waals surface area contributed by atoms with Gasteiger partial charge in [0.05, 0.1) is 0 Å². The molecular formula is C29H32N4O2. The number of carbonyl (C=O) groups is 2. The summed E-state index contributed by atoms with van der Waals surface area (Å²) < 4.78 is 0. The van der Waals surface area contributed by atoms with Gasteiger partial charge in [-0.15, -0.1) is 0 Å². The van der Waals surface area contributed by atoms with Crippen molar-refractivity contribution >= 4 is 23.3 Å². The molecule has 2 aliphatic rings. The van der Waals surface area contributed by atoms with Crippen LogP contribution in [0.2, 0.25) is 0 Å².